The Balaban J connectivity index is 2.87. The van der Waals surface area contributed by atoms with Crippen LogP contribution in [-0.4, -0.2) is 31.7 Å². The number of hydrogen-bond donors (Lipinski definition) is 4. The molecule has 1 aliphatic rings. The molecule has 0 spiro atoms. The number of nitrogens with two attached hydrogens (primary N) is 2. The van der Waals surface area contributed by atoms with Gasteiger partial charge in [0.2, 0.25) is 11.8 Å². The summed E-state index contributed by atoms with van der Waals surface area (Å²) in [5.41, 5.74) is 3.67. The zero-order valence-electron chi connectivity index (χ0n) is 8.47. The second-order valence-electron chi connectivity index (χ2n) is 3.66. The van der Waals surface area contributed by atoms with Crippen LogP contribution in [0.3, 0.4) is 0 Å². The number of hydrogen-bond acceptors (Lipinski definition) is 6. The number of carbonyl (C=O) groups excluding carboxylic acids is 2. The number of hydrazine groups is 2. The minimum Gasteiger partial charge on any atom is -0.294 e. The normalized spacial score (nSPS) is 23.1. The third-order valence-corrected chi connectivity index (χ3v) is 4.38. The lowest BCUT2D eigenvalue weighted by atomic mass is 9.90. The van der Waals surface area contributed by atoms with Gasteiger partial charge < -0.3 is 0 Å². The van der Waals surface area contributed by atoms with Crippen molar-refractivity contribution in [3.63, 3.8) is 0 Å². The summed E-state index contributed by atoms with van der Waals surface area (Å²) in [4.78, 5) is 22.7. The standard InChI is InChI=1S/C7H14N4O4S/c8-10-6(12)5(7(13)11-9)4-1-2-16(14,15)3-4/h4-5H,1-3,8-9H2,(H,10,12)(H,11,13)/t4-/m1/s1. The van der Waals surface area contributed by atoms with Crippen molar-refractivity contribution in [2.45, 2.75) is 6.42 Å². The highest BCUT2D eigenvalue weighted by molar-refractivity contribution is 7.91. The Morgan fingerprint density at radius 1 is 1.19 bits per heavy atom. The predicted octanol–water partition coefficient (Wildman–Crippen LogP) is -2.98. The third-order valence-electron chi connectivity index (χ3n) is 2.59. The molecule has 1 saturated heterocycles. The Morgan fingerprint density at radius 3 is 2.00 bits per heavy atom. The van der Waals surface area contributed by atoms with Crippen LogP contribution in [0.25, 0.3) is 0 Å². The Morgan fingerprint density at radius 2 is 1.69 bits per heavy atom. The van der Waals surface area contributed by atoms with Crippen LogP contribution in [0.5, 0.6) is 0 Å². The summed E-state index contributed by atoms with van der Waals surface area (Å²) in [7, 11) is -3.17. The van der Waals surface area contributed by atoms with Gasteiger partial charge in [-0.25, -0.2) is 20.1 Å². The van der Waals surface area contributed by atoms with E-state index < -0.39 is 33.5 Å². The molecule has 0 saturated carbocycles. The van der Waals surface area contributed by atoms with Gasteiger partial charge in [-0.15, -0.1) is 0 Å². The van der Waals surface area contributed by atoms with Crippen LogP contribution >= 0.6 is 0 Å². The van der Waals surface area contributed by atoms with Crippen LogP contribution < -0.4 is 22.5 Å². The number of carbonyl (C=O) groups is 2. The molecule has 0 aliphatic carbocycles. The van der Waals surface area contributed by atoms with Gasteiger partial charge in [0.05, 0.1) is 11.5 Å². The zero-order chi connectivity index (χ0) is 12.3. The highest BCUT2D eigenvalue weighted by Gasteiger charge is 2.40. The van der Waals surface area contributed by atoms with E-state index in [0.29, 0.717) is 0 Å². The van der Waals surface area contributed by atoms with Crippen molar-refractivity contribution in [2.24, 2.45) is 23.5 Å². The molecule has 0 aromatic heterocycles. The summed E-state index contributed by atoms with van der Waals surface area (Å²) < 4.78 is 22.5. The molecule has 1 heterocycles. The molecule has 1 aliphatic heterocycles. The monoisotopic (exact) mass is 250 g/mol. The average Bonchev–Trinajstić information content (AvgIpc) is 2.58. The van der Waals surface area contributed by atoms with Gasteiger partial charge in [-0.05, 0) is 12.3 Å². The van der Waals surface area contributed by atoms with Gasteiger partial charge in [-0.3, -0.25) is 20.4 Å². The predicted molar refractivity (Wildman–Crippen MR) is 54.9 cm³/mol. The lowest BCUT2D eigenvalue weighted by molar-refractivity contribution is -0.137. The summed E-state index contributed by atoms with van der Waals surface area (Å²) in [6, 6.07) is 0. The van der Waals surface area contributed by atoms with Crippen LogP contribution in [-0.2, 0) is 19.4 Å². The smallest absolute Gasteiger partial charge is 0.246 e. The van der Waals surface area contributed by atoms with E-state index >= 15 is 0 Å². The highest BCUT2D eigenvalue weighted by Crippen LogP contribution is 2.26. The van der Waals surface area contributed by atoms with Gasteiger partial charge in [-0.1, -0.05) is 0 Å². The third kappa shape index (κ3) is 2.68. The first-order chi connectivity index (χ1) is 7.41. The first-order valence-corrected chi connectivity index (χ1v) is 6.44. The fourth-order valence-electron chi connectivity index (χ4n) is 1.81. The molecule has 1 atom stereocenters. The maximum Gasteiger partial charge on any atom is 0.246 e. The molecular weight excluding hydrogens is 236 g/mol. The number of sulfone groups is 1. The van der Waals surface area contributed by atoms with E-state index in [2.05, 4.69) is 0 Å². The second kappa shape index (κ2) is 4.76. The lowest BCUT2D eigenvalue weighted by Gasteiger charge is -2.18. The lowest BCUT2D eigenvalue weighted by Crippen LogP contribution is -2.49. The molecular formula is C7H14N4O4S. The summed E-state index contributed by atoms with van der Waals surface area (Å²) >= 11 is 0. The van der Waals surface area contributed by atoms with Crippen molar-refractivity contribution < 1.29 is 18.0 Å². The summed E-state index contributed by atoms with van der Waals surface area (Å²) in [6.07, 6.45) is 0.258. The summed E-state index contributed by atoms with van der Waals surface area (Å²) in [5, 5.41) is 0. The van der Waals surface area contributed by atoms with Crippen LogP contribution in [0.1, 0.15) is 6.42 Å². The molecule has 1 fully saturated rings. The second-order valence-corrected chi connectivity index (χ2v) is 5.89. The number of amides is 2. The minimum atomic E-state index is -3.17. The maximum atomic E-state index is 11.4. The summed E-state index contributed by atoms with van der Waals surface area (Å²) in [5.74, 6) is 6.45. The van der Waals surface area contributed by atoms with Crippen molar-refractivity contribution in [2.75, 3.05) is 11.5 Å². The number of rotatable bonds is 3. The van der Waals surface area contributed by atoms with E-state index in [-0.39, 0.29) is 17.9 Å². The molecule has 0 aromatic carbocycles. The number of nitrogens with one attached hydrogen (secondary N) is 2. The zero-order valence-corrected chi connectivity index (χ0v) is 9.29. The van der Waals surface area contributed by atoms with Gasteiger partial charge in [0.1, 0.15) is 5.92 Å². The Bertz CT molecular complexity index is 377. The molecule has 0 radical (unpaired) electrons. The van der Waals surface area contributed by atoms with E-state index in [1.165, 1.54) is 0 Å². The van der Waals surface area contributed by atoms with Crippen molar-refractivity contribution >= 4 is 21.7 Å². The Hall–Kier alpha value is -1.19. The van der Waals surface area contributed by atoms with E-state index in [4.69, 9.17) is 11.7 Å². The van der Waals surface area contributed by atoms with Gasteiger partial charge in [-0.2, -0.15) is 0 Å². The summed E-state index contributed by atoms with van der Waals surface area (Å²) in [6.45, 7) is 0. The quantitative estimate of drug-likeness (QED) is 0.182. The molecule has 92 valence electrons. The van der Waals surface area contributed by atoms with E-state index in [9.17, 15) is 18.0 Å². The largest absolute Gasteiger partial charge is 0.294 e. The minimum absolute atomic E-state index is 0.0239. The molecule has 0 unspecified atom stereocenters. The molecule has 2 amide bonds. The van der Waals surface area contributed by atoms with Crippen molar-refractivity contribution in [3.05, 3.63) is 0 Å². The first-order valence-electron chi connectivity index (χ1n) is 4.62. The molecule has 16 heavy (non-hydrogen) atoms. The fourth-order valence-corrected chi connectivity index (χ4v) is 3.65. The molecule has 8 nitrogen and oxygen atoms in total. The fraction of sp³-hybridized carbons (Fsp3) is 0.714. The van der Waals surface area contributed by atoms with Crippen LogP contribution in [0.4, 0.5) is 0 Å². The van der Waals surface area contributed by atoms with Crippen LogP contribution in [0.15, 0.2) is 0 Å². The molecule has 9 heteroatoms. The van der Waals surface area contributed by atoms with Gasteiger partial charge in [0.15, 0.2) is 9.84 Å². The average molecular weight is 250 g/mol. The maximum absolute atomic E-state index is 11.4. The first kappa shape index (κ1) is 12.9. The van der Waals surface area contributed by atoms with Gasteiger partial charge in [0.25, 0.3) is 0 Å². The van der Waals surface area contributed by atoms with Crippen LogP contribution in [0.2, 0.25) is 0 Å². The van der Waals surface area contributed by atoms with Crippen molar-refractivity contribution in [1.29, 1.82) is 0 Å². The van der Waals surface area contributed by atoms with Crippen molar-refractivity contribution in [3.8, 4) is 0 Å². The molecule has 1 rings (SSSR count). The van der Waals surface area contributed by atoms with Crippen LogP contribution in [0, 0.1) is 11.8 Å². The molecule has 6 N–H and O–H groups in total. The van der Waals surface area contributed by atoms with Crippen molar-refractivity contribution in [1.82, 2.24) is 10.9 Å². The Labute approximate surface area is 92.6 Å². The van der Waals surface area contributed by atoms with E-state index in [0.717, 1.165) is 0 Å². The Kier molecular flexibility index (Phi) is 3.83. The van der Waals surface area contributed by atoms with E-state index in [1.54, 1.807) is 0 Å². The SMILES string of the molecule is NNC(=O)C(C(=O)NN)[C@@H]1CCS(=O)(=O)C1. The molecule has 0 aromatic rings. The topological polar surface area (TPSA) is 144 Å². The van der Waals surface area contributed by atoms with Gasteiger partial charge >= 0.3 is 0 Å². The van der Waals surface area contributed by atoms with E-state index in [1.807, 2.05) is 10.9 Å². The van der Waals surface area contributed by atoms with Gasteiger partial charge in [0, 0.05) is 0 Å². The highest BCUT2D eigenvalue weighted by atomic mass is 32.2. The molecule has 0 bridgehead atoms.